The molecule has 2 heterocycles. The van der Waals surface area contributed by atoms with Crippen molar-refractivity contribution in [1.29, 1.82) is 0 Å². The van der Waals surface area contributed by atoms with Gasteiger partial charge in [0.25, 0.3) is 0 Å². The summed E-state index contributed by atoms with van der Waals surface area (Å²) in [5.74, 6) is 0. The number of thioether (sulfide) groups is 1. The average Bonchev–Trinajstić information content (AvgIpc) is 2.75. The van der Waals surface area contributed by atoms with E-state index in [0.717, 1.165) is 11.7 Å². The molecular weight excluding hydrogens is 242 g/mol. The van der Waals surface area contributed by atoms with Crippen molar-refractivity contribution in [3.63, 3.8) is 0 Å². The van der Waals surface area contributed by atoms with Crippen molar-refractivity contribution in [2.45, 2.75) is 36.2 Å². The Bertz CT molecular complexity index is 303. The minimum atomic E-state index is -0.853. The third kappa shape index (κ3) is 2.58. The zero-order chi connectivity index (χ0) is 12.4. The molecule has 4 N–H and O–H groups in total. The standard InChI is InChI=1S/C10H19N3O3S/c1-11-4-3-5-7(14)8(15)6-9(16-5)17-10(12-2)13-6/h5-9,11,14-15H,3-4H2,1-2H3,(H,12,13)/t5-,6-,7-,8-,9-/m1/s1. The molecule has 17 heavy (non-hydrogen) atoms. The predicted octanol–water partition coefficient (Wildman–Crippen LogP) is -1.27. The summed E-state index contributed by atoms with van der Waals surface area (Å²) in [4.78, 5) is 4.04. The summed E-state index contributed by atoms with van der Waals surface area (Å²) in [7, 11) is 3.54. The molecular formula is C10H19N3O3S. The number of ether oxygens (including phenoxy) is 1. The highest BCUT2D eigenvalue weighted by Gasteiger charge is 2.48. The Morgan fingerprint density at radius 2 is 2.24 bits per heavy atom. The van der Waals surface area contributed by atoms with E-state index in [1.807, 2.05) is 7.05 Å². The molecule has 0 amide bonds. The van der Waals surface area contributed by atoms with E-state index in [1.165, 1.54) is 11.8 Å². The van der Waals surface area contributed by atoms with Crippen LogP contribution in [0, 0.1) is 0 Å². The molecule has 7 heteroatoms. The molecule has 0 aliphatic carbocycles. The van der Waals surface area contributed by atoms with Crippen LogP contribution in [0.3, 0.4) is 0 Å². The Labute approximate surface area is 105 Å². The molecule has 0 aromatic heterocycles. The van der Waals surface area contributed by atoms with Gasteiger partial charge in [-0.25, -0.2) is 0 Å². The van der Waals surface area contributed by atoms with E-state index in [1.54, 1.807) is 7.05 Å². The van der Waals surface area contributed by atoms with Crippen molar-refractivity contribution < 1.29 is 14.9 Å². The van der Waals surface area contributed by atoms with Crippen molar-refractivity contribution >= 4 is 16.9 Å². The second kappa shape index (κ2) is 5.53. The summed E-state index contributed by atoms with van der Waals surface area (Å²) in [6, 6.07) is -0.278. The molecule has 6 nitrogen and oxygen atoms in total. The minimum Gasteiger partial charge on any atom is -0.388 e. The maximum Gasteiger partial charge on any atom is 0.159 e. The smallest absolute Gasteiger partial charge is 0.159 e. The number of aliphatic hydroxyl groups excluding tert-OH is 2. The number of hydrogen-bond acceptors (Lipinski definition) is 6. The van der Waals surface area contributed by atoms with Gasteiger partial charge in [0.1, 0.15) is 17.6 Å². The molecule has 98 valence electrons. The topological polar surface area (TPSA) is 86.1 Å². The molecule has 0 aromatic carbocycles. The number of nitrogens with zero attached hydrogens (tertiary/aromatic N) is 1. The van der Waals surface area contributed by atoms with E-state index < -0.39 is 12.2 Å². The predicted molar refractivity (Wildman–Crippen MR) is 67.1 cm³/mol. The first-order valence-corrected chi connectivity index (χ1v) is 6.61. The zero-order valence-electron chi connectivity index (χ0n) is 9.96. The lowest BCUT2D eigenvalue weighted by atomic mass is 9.96. The average molecular weight is 261 g/mol. The van der Waals surface area contributed by atoms with E-state index in [9.17, 15) is 10.2 Å². The second-order valence-corrected chi connectivity index (χ2v) is 5.32. The molecule has 0 unspecified atom stereocenters. The van der Waals surface area contributed by atoms with Crippen molar-refractivity contribution in [2.75, 3.05) is 20.6 Å². The Morgan fingerprint density at radius 3 is 2.88 bits per heavy atom. The highest BCUT2D eigenvalue weighted by Crippen LogP contribution is 2.34. The van der Waals surface area contributed by atoms with Gasteiger partial charge in [0, 0.05) is 7.05 Å². The SMILES string of the molecule is CN=C1N[C@@H]2[C@@H](O)[C@H](O)[C@@H](CCNC)O[C@@H]2S1. The number of nitrogens with one attached hydrogen (secondary N) is 2. The minimum absolute atomic E-state index is 0.172. The van der Waals surface area contributed by atoms with Crippen molar-refractivity contribution in [3.8, 4) is 0 Å². The van der Waals surface area contributed by atoms with Crippen molar-refractivity contribution in [2.24, 2.45) is 4.99 Å². The van der Waals surface area contributed by atoms with Crippen LogP contribution in [-0.2, 0) is 4.74 Å². The lowest BCUT2D eigenvalue weighted by molar-refractivity contribution is -0.157. The fourth-order valence-corrected chi connectivity index (χ4v) is 3.22. The van der Waals surface area contributed by atoms with Crippen LogP contribution in [0.25, 0.3) is 0 Å². The molecule has 0 bridgehead atoms. The fraction of sp³-hybridized carbons (Fsp3) is 0.900. The van der Waals surface area contributed by atoms with Gasteiger partial charge >= 0.3 is 0 Å². The van der Waals surface area contributed by atoms with Crippen molar-refractivity contribution in [3.05, 3.63) is 0 Å². The third-order valence-electron chi connectivity index (χ3n) is 3.10. The summed E-state index contributed by atoms with van der Waals surface area (Å²) in [6.45, 7) is 0.749. The van der Waals surface area contributed by atoms with Crippen LogP contribution in [0.1, 0.15) is 6.42 Å². The number of hydrogen-bond donors (Lipinski definition) is 4. The first kappa shape index (κ1) is 13.1. The molecule has 0 radical (unpaired) electrons. The number of aliphatic hydroxyl groups is 2. The zero-order valence-corrected chi connectivity index (χ0v) is 10.8. The summed E-state index contributed by atoms with van der Waals surface area (Å²) in [5.41, 5.74) is -0.172. The van der Waals surface area contributed by atoms with Gasteiger partial charge in [0.15, 0.2) is 5.17 Å². The molecule has 2 aliphatic heterocycles. The van der Waals surface area contributed by atoms with Crippen LogP contribution < -0.4 is 10.6 Å². The normalized spacial score (nSPS) is 43.5. The number of fused-ring (bicyclic) bond motifs is 1. The van der Waals surface area contributed by atoms with Gasteiger partial charge in [-0.3, -0.25) is 4.99 Å². The highest BCUT2D eigenvalue weighted by molar-refractivity contribution is 8.14. The van der Waals surface area contributed by atoms with Crippen LogP contribution in [-0.4, -0.2) is 65.8 Å². The number of aliphatic imine (C=N–C) groups is 1. The molecule has 0 aromatic rings. The summed E-state index contributed by atoms with van der Waals surface area (Å²) in [6.07, 6.45) is -1.32. The number of rotatable bonds is 3. The maximum absolute atomic E-state index is 10.0. The highest BCUT2D eigenvalue weighted by atomic mass is 32.2. The van der Waals surface area contributed by atoms with Gasteiger partial charge in [0.2, 0.25) is 0 Å². The van der Waals surface area contributed by atoms with Crippen LogP contribution >= 0.6 is 11.8 Å². The van der Waals surface area contributed by atoms with Crippen LogP contribution in [0.15, 0.2) is 4.99 Å². The van der Waals surface area contributed by atoms with Gasteiger partial charge in [-0.15, -0.1) is 0 Å². The van der Waals surface area contributed by atoms with E-state index in [-0.39, 0.29) is 17.6 Å². The first-order valence-electron chi connectivity index (χ1n) is 5.73. The Morgan fingerprint density at radius 1 is 1.47 bits per heavy atom. The van der Waals surface area contributed by atoms with Crippen LogP contribution in [0.2, 0.25) is 0 Å². The maximum atomic E-state index is 10.0. The molecule has 0 spiro atoms. The van der Waals surface area contributed by atoms with Gasteiger partial charge in [0.05, 0.1) is 12.1 Å². The monoisotopic (exact) mass is 261 g/mol. The Hall–Kier alpha value is -0.340. The largest absolute Gasteiger partial charge is 0.388 e. The van der Waals surface area contributed by atoms with E-state index in [2.05, 4.69) is 15.6 Å². The first-order chi connectivity index (χ1) is 8.17. The third-order valence-corrected chi connectivity index (χ3v) is 4.26. The van der Waals surface area contributed by atoms with E-state index >= 15 is 0 Å². The molecule has 2 rings (SSSR count). The molecule has 2 fully saturated rings. The van der Waals surface area contributed by atoms with Gasteiger partial charge in [-0.2, -0.15) is 0 Å². The van der Waals surface area contributed by atoms with Gasteiger partial charge in [-0.1, -0.05) is 11.8 Å². The molecule has 2 saturated heterocycles. The lowest BCUT2D eigenvalue weighted by Crippen LogP contribution is -2.59. The summed E-state index contributed by atoms with van der Waals surface area (Å²) in [5, 5.41) is 26.9. The van der Waals surface area contributed by atoms with E-state index in [4.69, 9.17) is 4.74 Å². The fourth-order valence-electron chi connectivity index (χ4n) is 2.11. The number of amidine groups is 1. The van der Waals surface area contributed by atoms with Gasteiger partial charge in [-0.05, 0) is 20.0 Å². The van der Waals surface area contributed by atoms with Crippen molar-refractivity contribution in [1.82, 2.24) is 10.6 Å². The summed E-state index contributed by atoms with van der Waals surface area (Å²) >= 11 is 1.46. The molecule has 5 atom stereocenters. The molecule has 0 saturated carbocycles. The Kier molecular flexibility index (Phi) is 4.26. The van der Waals surface area contributed by atoms with Crippen LogP contribution in [0.4, 0.5) is 0 Å². The van der Waals surface area contributed by atoms with Gasteiger partial charge < -0.3 is 25.6 Å². The summed E-state index contributed by atoms with van der Waals surface area (Å²) < 4.78 is 5.80. The van der Waals surface area contributed by atoms with Crippen LogP contribution in [0.5, 0.6) is 0 Å². The Balaban J connectivity index is 2.03. The van der Waals surface area contributed by atoms with E-state index in [0.29, 0.717) is 6.42 Å². The quantitative estimate of drug-likeness (QED) is 0.507. The second-order valence-electron chi connectivity index (χ2n) is 4.23. The lowest BCUT2D eigenvalue weighted by Gasteiger charge is -2.39. The molecule has 2 aliphatic rings.